The number of unbranched alkanes of at least 4 members (excludes halogenated alkanes) is 5. The number of nitrogens with one attached hydrogen (secondary N) is 2. The zero-order valence-electron chi connectivity index (χ0n) is 41.3. The molecule has 4 aliphatic rings. The highest BCUT2D eigenvalue weighted by atomic mass is 32.1. The summed E-state index contributed by atoms with van der Waals surface area (Å²) in [5.74, 6) is 4.89. The second-order valence-electron chi connectivity index (χ2n) is 20.5. The van der Waals surface area contributed by atoms with Gasteiger partial charge in [-0.1, -0.05) is 59.8 Å². The van der Waals surface area contributed by atoms with Crippen molar-refractivity contribution in [3.63, 3.8) is 0 Å². The third-order valence-electron chi connectivity index (χ3n) is 16.4. The molecule has 10 atom stereocenters. The van der Waals surface area contributed by atoms with E-state index in [1.54, 1.807) is 0 Å². The second-order valence-corrected chi connectivity index (χ2v) is 20.9. The number of thiol groups is 1. The standard InChI is InChI=1S/C51H97N5O7S/c1-5-6-7-8-9-10-27-56(49(58)55-26-32-60-34-36-61-35-33-59-31-25-54-48(57)16-12-37-64)28-11-15-40(2)44-19-20-45-43-18-17-41-38-42(62-29-13-23-52)21-22-50(41,3)46(43)39-47(51(44,45)4)63-30-14-24-53/h40-47,64H,5-39,52-53H2,1-4H3,(H,54,57)(H,55,58)/t40-,41?,42-,43?,44?,45?,46?,47+,50+,51-/m1/s1. The van der Waals surface area contributed by atoms with E-state index in [9.17, 15) is 9.59 Å². The molecule has 0 spiro atoms. The number of carbonyl (C=O) groups excluding carboxylic acids is 2. The Morgan fingerprint density at radius 1 is 0.719 bits per heavy atom. The van der Waals surface area contributed by atoms with Gasteiger partial charge in [0, 0.05) is 45.8 Å². The number of amides is 3. The number of hydrogen-bond acceptors (Lipinski definition) is 10. The van der Waals surface area contributed by atoms with Gasteiger partial charge in [0.15, 0.2) is 0 Å². The number of ether oxygens (including phenoxy) is 5. The molecule has 5 unspecified atom stereocenters. The highest BCUT2D eigenvalue weighted by Gasteiger charge is 2.64. The first-order chi connectivity index (χ1) is 31.1. The van der Waals surface area contributed by atoms with Gasteiger partial charge in [0.05, 0.1) is 51.8 Å². The van der Waals surface area contributed by atoms with E-state index < -0.39 is 0 Å². The lowest BCUT2D eigenvalue weighted by molar-refractivity contribution is -0.192. The van der Waals surface area contributed by atoms with Crippen LogP contribution in [0, 0.1) is 46.3 Å². The molecular formula is C51H97N5O7S. The van der Waals surface area contributed by atoms with Crippen molar-refractivity contribution < 1.29 is 33.3 Å². The molecule has 13 heteroatoms. The van der Waals surface area contributed by atoms with Crippen molar-refractivity contribution in [2.45, 2.75) is 168 Å². The summed E-state index contributed by atoms with van der Waals surface area (Å²) in [7, 11) is 0. The van der Waals surface area contributed by atoms with Crippen LogP contribution >= 0.6 is 12.6 Å². The maximum atomic E-state index is 13.6. The van der Waals surface area contributed by atoms with Crippen LogP contribution in [0.4, 0.5) is 4.79 Å². The number of hydrogen-bond donors (Lipinski definition) is 5. The van der Waals surface area contributed by atoms with Crippen molar-refractivity contribution >= 4 is 24.6 Å². The van der Waals surface area contributed by atoms with E-state index >= 15 is 0 Å². The molecule has 0 aliphatic heterocycles. The lowest BCUT2D eigenvalue weighted by Gasteiger charge is -2.63. The minimum atomic E-state index is 0.0240. The Morgan fingerprint density at radius 3 is 2.08 bits per heavy atom. The smallest absolute Gasteiger partial charge is 0.317 e. The Hall–Kier alpha value is -1.19. The Morgan fingerprint density at radius 2 is 1.38 bits per heavy atom. The van der Waals surface area contributed by atoms with Crippen LogP contribution in [0.15, 0.2) is 0 Å². The normalized spacial score (nSPS) is 29.1. The van der Waals surface area contributed by atoms with Gasteiger partial charge >= 0.3 is 6.03 Å². The Balaban J connectivity index is 1.24. The second kappa shape index (κ2) is 31.0. The largest absolute Gasteiger partial charge is 0.378 e. The summed E-state index contributed by atoms with van der Waals surface area (Å²) in [5, 5.41) is 5.99. The number of urea groups is 1. The van der Waals surface area contributed by atoms with Gasteiger partial charge in [-0.3, -0.25) is 4.79 Å². The van der Waals surface area contributed by atoms with Crippen LogP contribution in [-0.2, 0) is 28.5 Å². The molecule has 6 N–H and O–H groups in total. The fourth-order valence-electron chi connectivity index (χ4n) is 12.8. The molecule has 0 aromatic heterocycles. The summed E-state index contributed by atoms with van der Waals surface area (Å²) < 4.78 is 30.3. The van der Waals surface area contributed by atoms with Crippen LogP contribution in [0.3, 0.4) is 0 Å². The number of nitrogens with two attached hydrogens (primary N) is 2. The average Bonchev–Trinajstić information content (AvgIpc) is 3.66. The van der Waals surface area contributed by atoms with E-state index in [2.05, 4.69) is 55.9 Å². The van der Waals surface area contributed by atoms with E-state index in [1.807, 2.05) is 0 Å². The molecule has 4 rings (SSSR count). The maximum absolute atomic E-state index is 13.6. The highest BCUT2D eigenvalue weighted by molar-refractivity contribution is 7.80. The lowest BCUT2D eigenvalue weighted by atomic mass is 9.43. The molecule has 374 valence electrons. The van der Waals surface area contributed by atoms with Crippen molar-refractivity contribution in [2.24, 2.45) is 57.8 Å². The molecule has 0 aromatic rings. The SMILES string of the molecule is CCCCCCCCN(CCC[C@@H](C)C1CCC2C3CCC4C[C@H](OCCCN)CC[C@]4(C)C3C[C@H](OCCCN)[C@@]21C)C(=O)NCCOCCOCCOCCNC(=O)CCCS. The first-order valence-electron chi connectivity index (χ1n) is 26.4. The minimum Gasteiger partial charge on any atom is -0.378 e. The van der Waals surface area contributed by atoms with Gasteiger partial charge in [-0.15, -0.1) is 0 Å². The number of carbonyl (C=O) groups is 2. The summed E-state index contributed by atoms with van der Waals surface area (Å²) in [6, 6.07) is 0.0240. The van der Waals surface area contributed by atoms with Crippen LogP contribution in [0.2, 0.25) is 0 Å². The van der Waals surface area contributed by atoms with Gasteiger partial charge in [0.2, 0.25) is 5.91 Å². The van der Waals surface area contributed by atoms with Gasteiger partial charge in [0.1, 0.15) is 0 Å². The van der Waals surface area contributed by atoms with Gasteiger partial charge < -0.3 is 50.7 Å². The van der Waals surface area contributed by atoms with Crippen molar-refractivity contribution in [1.82, 2.24) is 15.5 Å². The van der Waals surface area contributed by atoms with Crippen molar-refractivity contribution in [3.8, 4) is 0 Å². The molecule has 0 radical (unpaired) electrons. The highest BCUT2D eigenvalue weighted by Crippen LogP contribution is 2.69. The van der Waals surface area contributed by atoms with Crippen LogP contribution in [0.5, 0.6) is 0 Å². The molecule has 0 aromatic carbocycles. The monoisotopic (exact) mass is 924 g/mol. The topological polar surface area (TPSA) is 160 Å². The molecule has 0 saturated heterocycles. The fourth-order valence-corrected chi connectivity index (χ4v) is 13.0. The molecule has 4 aliphatic carbocycles. The zero-order valence-corrected chi connectivity index (χ0v) is 42.2. The molecule has 4 fully saturated rings. The van der Waals surface area contributed by atoms with E-state index in [1.165, 1.54) is 83.5 Å². The molecule has 64 heavy (non-hydrogen) atoms. The quantitative estimate of drug-likeness (QED) is 0.0311. The fraction of sp³-hybridized carbons (Fsp3) is 0.961. The number of fused-ring (bicyclic) bond motifs is 5. The first-order valence-corrected chi connectivity index (χ1v) is 27.0. The van der Waals surface area contributed by atoms with Crippen molar-refractivity contribution in [2.75, 3.05) is 97.9 Å². The van der Waals surface area contributed by atoms with Gasteiger partial charge in [-0.05, 0) is 155 Å². The van der Waals surface area contributed by atoms with E-state index in [0.29, 0.717) is 107 Å². The van der Waals surface area contributed by atoms with E-state index in [-0.39, 0.29) is 23.5 Å². The summed E-state index contributed by atoms with van der Waals surface area (Å²) in [6.07, 6.45) is 23.4. The van der Waals surface area contributed by atoms with Crippen LogP contribution < -0.4 is 22.1 Å². The summed E-state index contributed by atoms with van der Waals surface area (Å²) >= 11 is 4.14. The summed E-state index contributed by atoms with van der Waals surface area (Å²) in [6.45, 7) is 18.3. The van der Waals surface area contributed by atoms with Gasteiger partial charge in [-0.2, -0.15) is 12.6 Å². The van der Waals surface area contributed by atoms with Crippen LogP contribution in [0.25, 0.3) is 0 Å². The predicted molar refractivity (Wildman–Crippen MR) is 263 cm³/mol. The third-order valence-corrected chi connectivity index (χ3v) is 16.7. The van der Waals surface area contributed by atoms with Gasteiger partial charge in [-0.25, -0.2) is 4.79 Å². The Labute approximate surface area is 396 Å². The Bertz CT molecular complexity index is 1270. The molecular weight excluding hydrogens is 827 g/mol. The number of rotatable bonds is 35. The zero-order chi connectivity index (χ0) is 46.0. The van der Waals surface area contributed by atoms with Crippen LogP contribution in [0.1, 0.15) is 156 Å². The molecule has 3 amide bonds. The Kier molecular flexibility index (Phi) is 26.9. The maximum Gasteiger partial charge on any atom is 0.317 e. The molecule has 12 nitrogen and oxygen atoms in total. The first kappa shape index (κ1) is 55.4. The molecule has 0 heterocycles. The molecule has 0 bridgehead atoms. The van der Waals surface area contributed by atoms with E-state index in [4.69, 9.17) is 35.2 Å². The molecule has 4 saturated carbocycles. The number of nitrogens with zero attached hydrogens (tertiary/aromatic N) is 1. The summed E-state index contributed by atoms with van der Waals surface area (Å²) in [5.41, 5.74) is 12.3. The van der Waals surface area contributed by atoms with Crippen molar-refractivity contribution in [3.05, 3.63) is 0 Å². The predicted octanol–water partition coefficient (Wildman–Crippen LogP) is 8.39. The van der Waals surface area contributed by atoms with Crippen LogP contribution in [-0.4, -0.2) is 127 Å². The average molecular weight is 924 g/mol. The summed E-state index contributed by atoms with van der Waals surface area (Å²) in [4.78, 5) is 27.3. The van der Waals surface area contributed by atoms with Crippen molar-refractivity contribution in [1.29, 1.82) is 0 Å². The lowest BCUT2D eigenvalue weighted by Crippen LogP contribution is -2.59. The van der Waals surface area contributed by atoms with Gasteiger partial charge in [0.25, 0.3) is 0 Å². The third kappa shape index (κ3) is 17.1. The minimum absolute atomic E-state index is 0.0240. The van der Waals surface area contributed by atoms with E-state index in [0.717, 1.165) is 82.6 Å².